The quantitative estimate of drug-likeness (QED) is 0.353. The van der Waals surface area contributed by atoms with E-state index >= 15 is 0 Å². The van der Waals surface area contributed by atoms with Crippen molar-refractivity contribution in [3.63, 3.8) is 0 Å². The minimum Gasteiger partial charge on any atom is -0.466 e. The van der Waals surface area contributed by atoms with Gasteiger partial charge in [0.1, 0.15) is 0 Å². The van der Waals surface area contributed by atoms with E-state index in [0.29, 0.717) is 26.1 Å². The Kier molecular flexibility index (Phi) is 9.11. The monoisotopic (exact) mass is 241 g/mol. The number of amides is 1. The molecule has 0 saturated heterocycles. The molecule has 0 aromatic rings. The summed E-state index contributed by atoms with van der Waals surface area (Å²) >= 11 is 0. The molecule has 0 aliphatic heterocycles. The Bertz CT molecular complexity index is 251. The summed E-state index contributed by atoms with van der Waals surface area (Å²) in [5.41, 5.74) is 0. The number of hydrogen-bond acceptors (Lipinski definition) is 3. The van der Waals surface area contributed by atoms with Crippen LogP contribution >= 0.6 is 0 Å². The maximum atomic E-state index is 11.3. The first kappa shape index (κ1) is 15.7. The third-order valence-electron chi connectivity index (χ3n) is 2.41. The van der Waals surface area contributed by atoms with E-state index < -0.39 is 0 Å². The summed E-state index contributed by atoms with van der Waals surface area (Å²) in [5.74, 6) is -0.183. The van der Waals surface area contributed by atoms with Crippen molar-refractivity contribution in [2.75, 3.05) is 19.7 Å². The summed E-state index contributed by atoms with van der Waals surface area (Å²) in [7, 11) is 0. The molecule has 98 valence electrons. The van der Waals surface area contributed by atoms with Crippen LogP contribution in [0.5, 0.6) is 0 Å². The van der Waals surface area contributed by atoms with Gasteiger partial charge < -0.3 is 9.64 Å². The smallest absolute Gasteiger partial charge is 0.305 e. The third kappa shape index (κ3) is 7.55. The summed E-state index contributed by atoms with van der Waals surface area (Å²) < 4.78 is 5.02. The van der Waals surface area contributed by atoms with Gasteiger partial charge in [-0.15, -0.1) is 0 Å². The lowest BCUT2D eigenvalue weighted by atomic mass is 10.3. The average Bonchev–Trinajstić information content (AvgIpc) is 2.33. The molecule has 0 rings (SSSR count). The molecular formula is C13H23NO3. The van der Waals surface area contributed by atoms with Crippen LogP contribution in [0.25, 0.3) is 0 Å². The predicted octanol–water partition coefficient (Wildman–Crippen LogP) is 2.14. The fourth-order valence-corrected chi connectivity index (χ4v) is 1.42. The number of unbranched alkanes of at least 4 members (excludes halogenated alkanes) is 1. The van der Waals surface area contributed by atoms with E-state index in [4.69, 9.17) is 4.74 Å². The molecule has 4 heteroatoms. The van der Waals surface area contributed by atoms with E-state index in [1.807, 2.05) is 13.8 Å². The molecule has 0 fully saturated rings. The molecule has 0 radical (unpaired) electrons. The van der Waals surface area contributed by atoms with Gasteiger partial charge in [-0.2, -0.15) is 0 Å². The van der Waals surface area contributed by atoms with E-state index in [1.165, 1.54) is 6.08 Å². The van der Waals surface area contributed by atoms with Crippen molar-refractivity contribution in [2.45, 2.75) is 39.5 Å². The number of nitrogens with zero attached hydrogens (tertiary/aromatic N) is 1. The molecule has 0 bridgehead atoms. The Hall–Kier alpha value is -1.32. The van der Waals surface area contributed by atoms with Gasteiger partial charge in [0.2, 0.25) is 5.91 Å². The Morgan fingerprint density at radius 3 is 2.53 bits per heavy atom. The summed E-state index contributed by atoms with van der Waals surface area (Å²) in [6.45, 7) is 9.15. The molecule has 4 nitrogen and oxygen atoms in total. The van der Waals surface area contributed by atoms with Crippen molar-refractivity contribution in [3.05, 3.63) is 12.7 Å². The lowest BCUT2D eigenvalue weighted by molar-refractivity contribution is -0.143. The molecule has 0 spiro atoms. The summed E-state index contributed by atoms with van der Waals surface area (Å²) in [6, 6.07) is 0. The molecule has 0 heterocycles. The lowest BCUT2D eigenvalue weighted by Crippen LogP contribution is -2.30. The van der Waals surface area contributed by atoms with Gasteiger partial charge in [-0.3, -0.25) is 9.59 Å². The maximum Gasteiger partial charge on any atom is 0.305 e. The van der Waals surface area contributed by atoms with E-state index in [2.05, 4.69) is 6.58 Å². The van der Waals surface area contributed by atoms with Crippen LogP contribution in [0.4, 0.5) is 0 Å². The number of carbonyl (C=O) groups is 2. The molecular weight excluding hydrogens is 218 g/mol. The molecule has 0 aliphatic carbocycles. The molecule has 0 N–H and O–H groups in total. The van der Waals surface area contributed by atoms with Crippen molar-refractivity contribution in [1.82, 2.24) is 4.90 Å². The van der Waals surface area contributed by atoms with Crippen LogP contribution in [-0.4, -0.2) is 36.5 Å². The molecule has 1 amide bonds. The van der Waals surface area contributed by atoms with Crippen molar-refractivity contribution < 1.29 is 14.3 Å². The van der Waals surface area contributed by atoms with Gasteiger partial charge in [0.15, 0.2) is 0 Å². The van der Waals surface area contributed by atoms with Gasteiger partial charge in [0.05, 0.1) is 6.61 Å². The first-order valence-electron chi connectivity index (χ1n) is 6.22. The van der Waals surface area contributed by atoms with Crippen molar-refractivity contribution in [2.24, 2.45) is 0 Å². The van der Waals surface area contributed by atoms with Crippen molar-refractivity contribution in [3.8, 4) is 0 Å². The van der Waals surface area contributed by atoms with Crippen LogP contribution in [-0.2, 0) is 14.3 Å². The Labute approximate surface area is 104 Å². The Morgan fingerprint density at radius 1 is 1.29 bits per heavy atom. The highest BCUT2D eigenvalue weighted by molar-refractivity contribution is 5.86. The second kappa shape index (κ2) is 9.87. The highest BCUT2D eigenvalue weighted by Crippen LogP contribution is 1.99. The Balaban J connectivity index is 3.59. The molecule has 0 aliphatic rings. The minimum absolute atomic E-state index is 0.0459. The highest BCUT2D eigenvalue weighted by Gasteiger charge is 2.06. The minimum atomic E-state index is -0.137. The molecule has 0 aromatic carbocycles. The lowest BCUT2D eigenvalue weighted by Gasteiger charge is -2.18. The number of rotatable bonds is 9. The topological polar surface area (TPSA) is 46.6 Å². The highest BCUT2D eigenvalue weighted by atomic mass is 16.5. The van der Waals surface area contributed by atoms with Crippen LogP contribution < -0.4 is 0 Å². The maximum absolute atomic E-state index is 11.3. The zero-order chi connectivity index (χ0) is 13.1. The van der Waals surface area contributed by atoms with Gasteiger partial charge in [0, 0.05) is 19.5 Å². The number of hydrogen-bond donors (Lipinski definition) is 0. The van der Waals surface area contributed by atoms with Crippen LogP contribution in [0.15, 0.2) is 12.7 Å². The zero-order valence-electron chi connectivity index (χ0n) is 10.9. The summed E-state index contributed by atoms with van der Waals surface area (Å²) in [6.07, 6.45) is 4.25. The fraction of sp³-hybridized carbons (Fsp3) is 0.692. The normalized spacial score (nSPS) is 9.76. The van der Waals surface area contributed by atoms with Crippen LogP contribution in [0.1, 0.15) is 39.5 Å². The summed E-state index contributed by atoms with van der Waals surface area (Å²) in [4.78, 5) is 24.1. The number of ether oxygens (including phenoxy) is 1. The van der Waals surface area contributed by atoms with Gasteiger partial charge in [-0.05, 0) is 32.3 Å². The van der Waals surface area contributed by atoms with E-state index in [-0.39, 0.29) is 11.9 Å². The fourth-order valence-electron chi connectivity index (χ4n) is 1.42. The van der Waals surface area contributed by atoms with Gasteiger partial charge >= 0.3 is 5.97 Å². The van der Waals surface area contributed by atoms with Crippen LogP contribution in [0, 0.1) is 0 Å². The summed E-state index contributed by atoms with van der Waals surface area (Å²) in [5, 5.41) is 0. The second-order valence-electron chi connectivity index (χ2n) is 3.80. The standard InChI is InChI=1S/C13H23NO3/c1-4-9-13(16)17-11-8-7-10-14(6-3)12(15)5-2/h5H,2,4,6-11H2,1,3H3. The van der Waals surface area contributed by atoms with Crippen molar-refractivity contribution >= 4 is 11.9 Å². The third-order valence-corrected chi connectivity index (χ3v) is 2.41. The SMILES string of the molecule is C=CC(=O)N(CC)CCCCOC(=O)CCC. The first-order chi connectivity index (χ1) is 8.15. The molecule has 0 saturated carbocycles. The second-order valence-corrected chi connectivity index (χ2v) is 3.80. The van der Waals surface area contributed by atoms with E-state index in [1.54, 1.807) is 4.90 Å². The Morgan fingerprint density at radius 2 is 2.00 bits per heavy atom. The van der Waals surface area contributed by atoms with Crippen LogP contribution in [0.3, 0.4) is 0 Å². The van der Waals surface area contributed by atoms with Gasteiger partial charge in [0.25, 0.3) is 0 Å². The average molecular weight is 241 g/mol. The first-order valence-corrected chi connectivity index (χ1v) is 6.22. The largest absolute Gasteiger partial charge is 0.466 e. The van der Waals surface area contributed by atoms with Crippen molar-refractivity contribution in [1.29, 1.82) is 0 Å². The zero-order valence-corrected chi connectivity index (χ0v) is 10.9. The number of carbonyl (C=O) groups excluding carboxylic acids is 2. The van der Waals surface area contributed by atoms with E-state index in [9.17, 15) is 9.59 Å². The number of esters is 1. The number of likely N-dealkylation sites (N-methyl/N-ethyl adjacent to an activating group) is 1. The van der Waals surface area contributed by atoms with E-state index in [0.717, 1.165) is 19.3 Å². The molecule has 0 unspecified atom stereocenters. The van der Waals surface area contributed by atoms with Gasteiger partial charge in [-0.25, -0.2) is 0 Å². The molecule has 0 aromatic heterocycles. The molecule has 17 heavy (non-hydrogen) atoms. The molecule has 0 atom stereocenters. The predicted molar refractivity (Wildman–Crippen MR) is 67.6 cm³/mol. The van der Waals surface area contributed by atoms with Crippen LogP contribution in [0.2, 0.25) is 0 Å². The van der Waals surface area contributed by atoms with Gasteiger partial charge in [-0.1, -0.05) is 13.5 Å².